The highest BCUT2D eigenvalue weighted by Gasteiger charge is 2.28. The number of benzene rings is 1. The molecule has 0 fully saturated rings. The predicted octanol–water partition coefficient (Wildman–Crippen LogP) is 2.08. The summed E-state index contributed by atoms with van der Waals surface area (Å²) in [6, 6.07) is 2.93. The van der Waals surface area contributed by atoms with E-state index < -0.39 is 17.5 Å². The smallest absolute Gasteiger partial charge is 0.307 e. The standard InChI is InChI=1S/C16H17F2N3O2/c1-19(13-9-10(17)6-7-11(13)18)15(22)14-12-5-3-4-8-21(12)16(23)20(14)2/h6-7,9H,3-5,8H2,1-2H3. The van der Waals surface area contributed by atoms with Crippen molar-refractivity contribution < 1.29 is 13.6 Å². The van der Waals surface area contributed by atoms with Gasteiger partial charge in [0.25, 0.3) is 5.91 Å². The van der Waals surface area contributed by atoms with Crippen LogP contribution in [0.2, 0.25) is 0 Å². The van der Waals surface area contributed by atoms with E-state index in [2.05, 4.69) is 0 Å². The van der Waals surface area contributed by atoms with Crippen molar-refractivity contribution in [3.8, 4) is 0 Å². The van der Waals surface area contributed by atoms with Crippen molar-refractivity contribution in [3.63, 3.8) is 0 Å². The number of halogens is 2. The van der Waals surface area contributed by atoms with Crippen LogP contribution in [0.4, 0.5) is 14.5 Å². The molecule has 1 aromatic heterocycles. The highest BCUT2D eigenvalue weighted by molar-refractivity contribution is 6.05. The Bertz CT molecular complexity index is 839. The summed E-state index contributed by atoms with van der Waals surface area (Å²) in [6.07, 6.45) is 2.40. The molecule has 0 saturated heterocycles. The first-order chi connectivity index (χ1) is 10.9. The zero-order chi connectivity index (χ0) is 16.7. The van der Waals surface area contributed by atoms with Crippen LogP contribution in [-0.4, -0.2) is 22.1 Å². The molecule has 1 aliphatic heterocycles. The van der Waals surface area contributed by atoms with Crippen LogP contribution >= 0.6 is 0 Å². The van der Waals surface area contributed by atoms with Gasteiger partial charge in [0.05, 0.1) is 11.4 Å². The number of amides is 1. The predicted molar refractivity (Wildman–Crippen MR) is 81.7 cm³/mol. The summed E-state index contributed by atoms with van der Waals surface area (Å²) in [7, 11) is 2.90. The number of hydrogen-bond acceptors (Lipinski definition) is 2. The Kier molecular flexibility index (Phi) is 3.79. The van der Waals surface area contributed by atoms with Gasteiger partial charge in [0, 0.05) is 26.7 Å². The number of aromatic nitrogens is 2. The van der Waals surface area contributed by atoms with Crippen LogP contribution in [0.5, 0.6) is 0 Å². The van der Waals surface area contributed by atoms with E-state index in [1.54, 1.807) is 4.57 Å². The van der Waals surface area contributed by atoms with Crippen LogP contribution in [0.25, 0.3) is 0 Å². The van der Waals surface area contributed by atoms with Crippen molar-refractivity contribution in [1.82, 2.24) is 9.13 Å². The van der Waals surface area contributed by atoms with Gasteiger partial charge in [-0.1, -0.05) is 0 Å². The van der Waals surface area contributed by atoms with Crippen LogP contribution in [0, 0.1) is 11.6 Å². The molecule has 5 nitrogen and oxygen atoms in total. The number of nitrogens with zero attached hydrogens (tertiary/aromatic N) is 3. The maximum Gasteiger partial charge on any atom is 0.328 e. The lowest BCUT2D eigenvalue weighted by atomic mass is 10.1. The summed E-state index contributed by atoms with van der Waals surface area (Å²) < 4.78 is 30.2. The normalized spacial score (nSPS) is 13.7. The maximum atomic E-state index is 13.9. The third-order valence-corrected chi connectivity index (χ3v) is 4.27. The Hall–Kier alpha value is -2.44. The Morgan fingerprint density at radius 1 is 1.26 bits per heavy atom. The zero-order valence-electron chi connectivity index (χ0n) is 13.0. The first-order valence-corrected chi connectivity index (χ1v) is 7.43. The van der Waals surface area contributed by atoms with Gasteiger partial charge in [0.1, 0.15) is 17.3 Å². The van der Waals surface area contributed by atoms with Gasteiger partial charge >= 0.3 is 5.69 Å². The fourth-order valence-electron chi connectivity index (χ4n) is 3.04. The van der Waals surface area contributed by atoms with E-state index in [-0.39, 0.29) is 17.1 Å². The Morgan fingerprint density at radius 3 is 2.74 bits per heavy atom. The molecule has 0 N–H and O–H groups in total. The third kappa shape index (κ3) is 2.46. The van der Waals surface area contributed by atoms with Gasteiger partial charge < -0.3 is 4.90 Å². The van der Waals surface area contributed by atoms with Crippen molar-refractivity contribution in [1.29, 1.82) is 0 Å². The number of carbonyl (C=O) groups excluding carboxylic acids is 1. The van der Waals surface area contributed by atoms with Crippen molar-refractivity contribution >= 4 is 11.6 Å². The van der Waals surface area contributed by atoms with Crippen molar-refractivity contribution in [2.75, 3.05) is 11.9 Å². The lowest BCUT2D eigenvalue weighted by Gasteiger charge is -2.20. The molecule has 23 heavy (non-hydrogen) atoms. The second-order valence-corrected chi connectivity index (χ2v) is 5.71. The van der Waals surface area contributed by atoms with Gasteiger partial charge in [-0.3, -0.25) is 13.9 Å². The van der Waals surface area contributed by atoms with E-state index in [0.29, 0.717) is 18.7 Å². The SMILES string of the molecule is CN(C(=O)c1c2n(c(=O)n1C)CCCC2)c1cc(F)ccc1F. The van der Waals surface area contributed by atoms with Crippen molar-refractivity contribution in [3.05, 3.63) is 51.7 Å². The highest BCUT2D eigenvalue weighted by Crippen LogP contribution is 2.23. The van der Waals surface area contributed by atoms with E-state index in [1.165, 1.54) is 18.7 Å². The van der Waals surface area contributed by atoms with Crippen LogP contribution in [0.3, 0.4) is 0 Å². The fraction of sp³-hybridized carbons (Fsp3) is 0.375. The maximum absolute atomic E-state index is 13.9. The van der Waals surface area contributed by atoms with Gasteiger partial charge in [0.2, 0.25) is 0 Å². The molecule has 0 atom stereocenters. The minimum Gasteiger partial charge on any atom is -0.307 e. The van der Waals surface area contributed by atoms with E-state index in [9.17, 15) is 18.4 Å². The molecule has 0 unspecified atom stereocenters. The highest BCUT2D eigenvalue weighted by atomic mass is 19.1. The summed E-state index contributed by atoms with van der Waals surface area (Å²) in [5, 5.41) is 0. The first-order valence-electron chi connectivity index (χ1n) is 7.43. The van der Waals surface area contributed by atoms with Crippen LogP contribution in [0.1, 0.15) is 29.0 Å². The first kappa shape index (κ1) is 15.5. The van der Waals surface area contributed by atoms with Crippen LogP contribution in [0.15, 0.2) is 23.0 Å². The molecule has 0 spiro atoms. The molecule has 1 aromatic carbocycles. The van der Waals surface area contributed by atoms with E-state index in [0.717, 1.165) is 35.9 Å². The lowest BCUT2D eigenvalue weighted by Crippen LogP contribution is -2.31. The molecule has 0 aliphatic carbocycles. The molecule has 3 rings (SSSR count). The summed E-state index contributed by atoms with van der Waals surface area (Å²) in [6.45, 7) is 0.577. The Morgan fingerprint density at radius 2 is 2.00 bits per heavy atom. The molecular formula is C16H17F2N3O2. The van der Waals surface area contributed by atoms with Gasteiger partial charge in [-0.2, -0.15) is 0 Å². The minimum absolute atomic E-state index is 0.154. The number of anilines is 1. The molecule has 1 amide bonds. The average molecular weight is 321 g/mol. The van der Waals surface area contributed by atoms with Crippen LogP contribution < -0.4 is 10.6 Å². The number of imidazole rings is 1. The van der Waals surface area contributed by atoms with Crippen molar-refractivity contribution in [2.24, 2.45) is 7.05 Å². The van der Waals surface area contributed by atoms with Gasteiger partial charge in [-0.15, -0.1) is 0 Å². The molecule has 0 radical (unpaired) electrons. The third-order valence-electron chi connectivity index (χ3n) is 4.27. The molecule has 7 heteroatoms. The summed E-state index contributed by atoms with van der Waals surface area (Å²) >= 11 is 0. The number of hydrogen-bond donors (Lipinski definition) is 0. The monoisotopic (exact) mass is 321 g/mol. The quantitative estimate of drug-likeness (QED) is 0.850. The van der Waals surface area contributed by atoms with Crippen LogP contribution in [-0.2, 0) is 20.0 Å². The van der Waals surface area contributed by atoms with Gasteiger partial charge in [0.15, 0.2) is 0 Å². The second kappa shape index (κ2) is 5.64. The number of carbonyl (C=O) groups is 1. The Balaban J connectivity index is 2.07. The molecule has 2 heterocycles. The number of fused-ring (bicyclic) bond motifs is 1. The molecule has 122 valence electrons. The van der Waals surface area contributed by atoms with E-state index >= 15 is 0 Å². The lowest BCUT2D eigenvalue weighted by molar-refractivity contribution is 0.0982. The Labute approximate surface area is 131 Å². The zero-order valence-corrected chi connectivity index (χ0v) is 13.0. The summed E-state index contributed by atoms with van der Waals surface area (Å²) in [5.41, 5.74) is 0.493. The fourth-order valence-corrected chi connectivity index (χ4v) is 3.04. The molecule has 2 aromatic rings. The second-order valence-electron chi connectivity index (χ2n) is 5.71. The van der Waals surface area contributed by atoms with Gasteiger partial charge in [-0.25, -0.2) is 13.6 Å². The summed E-state index contributed by atoms with van der Waals surface area (Å²) in [5.74, 6) is -1.85. The molecule has 1 aliphatic rings. The number of rotatable bonds is 2. The van der Waals surface area contributed by atoms with Gasteiger partial charge in [-0.05, 0) is 31.4 Å². The molecule has 0 bridgehead atoms. The van der Waals surface area contributed by atoms with Crippen molar-refractivity contribution in [2.45, 2.75) is 25.8 Å². The minimum atomic E-state index is -0.694. The largest absolute Gasteiger partial charge is 0.328 e. The summed E-state index contributed by atoms with van der Waals surface area (Å²) in [4.78, 5) is 26.1. The average Bonchev–Trinajstić information content (AvgIpc) is 2.80. The molecular weight excluding hydrogens is 304 g/mol. The topological polar surface area (TPSA) is 47.2 Å². The molecule has 0 saturated carbocycles. The van der Waals surface area contributed by atoms with E-state index in [4.69, 9.17) is 0 Å². The van der Waals surface area contributed by atoms with E-state index in [1.807, 2.05) is 0 Å².